The minimum Gasteiger partial charge on any atom is -0.325 e. The Morgan fingerprint density at radius 1 is 1.14 bits per heavy atom. The lowest BCUT2D eigenvalue weighted by Gasteiger charge is -2.22. The molecule has 0 bridgehead atoms. The maximum absolute atomic E-state index is 12.1. The molecule has 1 amide bonds. The molecule has 22 heavy (non-hydrogen) atoms. The third kappa shape index (κ3) is 5.65. The first-order chi connectivity index (χ1) is 10.2. The van der Waals surface area contributed by atoms with Crippen molar-refractivity contribution in [3.63, 3.8) is 0 Å². The fourth-order valence-electron chi connectivity index (χ4n) is 2.03. The van der Waals surface area contributed by atoms with E-state index in [9.17, 15) is 13.2 Å². The van der Waals surface area contributed by atoms with E-state index >= 15 is 0 Å². The minimum atomic E-state index is -3.31. The van der Waals surface area contributed by atoms with E-state index in [4.69, 9.17) is 5.73 Å². The van der Waals surface area contributed by atoms with E-state index in [1.165, 1.54) is 0 Å². The average Bonchev–Trinajstić information content (AvgIpc) is 2.40. The van der Waals surface area contributed by atoms with Crippen LogP contribution in [0, 0.1) is 0 Å². The van der Waals surface area contributed by atoms with Crippen LogP contribution in [0.3, 0.4) is 0 Å². The average molecular weight is 327 g/mol. The molecule has 7 heteroatoms. The van der Waals surface area contributed by atoms with Crippen LogP contribution in [-0.4, -0.2) is 25.6 Å². The molecule has 0 aliphatic heterocycles. The van der Waals surface area contributed by atoms with E-state index in [-0.39, 0.29) is 11.7 Å². The molecule has 1 unspecified atom stereocenters. The maximum Gasteiger partial charge on any atom is 0.244 e. The van der Waals surface area contributed by atoms with Crippen molar-refractivity contribution in [2.75, 3.05) is 15.8 Å². The number of sulfonamides is 1. The first-order valence-corrected chi connectivity index (χ1v) is 9.06. The molecule has 0 heterocycles. The third-order valence-electron chi connectivity index (χ3n) is 3.18. The number of hydrogen-bond acceptors (Lipinski definition) is 4. The lowest BCUT2D eigenvalue weighted by Crippen LogP contribution is -2.48. The van der Waals surface area contributed by atoms with Gasteiger partial charge in [0.1, 0.15) is 0 Å². The van der Waals surface area contributed by atoms with Gasteiger partial charge in [0.15, 0.2) is 0 Å². The van der Waals surface area contributed by atoms with Gasteiger partial charge in [0.2, 0.25) is 15.9 Å². The van der Waals surface area contributed by atoms with Gasteiger partial charge >= 0.3 is 0 Å². The normalized spacial score (nSPS) is 14.2. The smallest absolute Gasteiger partial charge is 0.244 e. The number of nitrogens with one attached hydrogen (secondary N) is 2. The number of carbonyl (C=O) groups is 1. The predicted molar refractivity (Wildman–Crippen MR) is 90.3 cm³/mol. The van der Waals surface area contributed by atoms with Gasteiger partial charge in [0, 0.05) is 11.4 Å². The quantitative estimate of drug-likeness (QED) is 0.682. The van der Waals surface area contributed by atoms with Gasteiger partial charge in [-0.05, 0) is 44.0 Å². The summed E-state index contributed by atoms with van der Waals surface area (Å²) < 4.78 is 25.8. The number of hydrogen-bond donors (Lipinski definition) is 3. The number of benzene rings is 1. The molecule has 6 nitrogen and oxygen atoms in total. The van der Waals surface area contributed by atoms with Crippen molar-refractivity contribution >= 4 is 27.3 Å². The van der Waals surface area contributed by atoms with Gasteiger partial charge in [-0.2, -0.15) is 0 Å². The molecule has 0 aromatic heterocycles. The van der Waals surface area contributed by atoms with E-state index in [0.717, 1.165) is 6.42 Å². The first kappa shape index (κ1) is 18.4. The summed E-state index contributed by atoms with van der Waals surface area (Å²) in [6.45, 7) is 5.46. The van der Waals surface area contributed by atoms with Crippen LogP contribution in [0.15, 0.2) is 24.3 Å². The van der Waals surface area contributed by atoms with Crippen molar-refractivity contribution in [2.45, 2.75) is 45.6 Å². The topological polar surface area (TPSA) is 101 Å². The summed E-state index contributed by atoms with van der Waals surface area (Å²) in [6, 6.07) is 6.50. The van der Waals surface area contributed by atoms with Gasteiger partial charge in [0.05, 0.1) is 11.3 Å². The fraction of sp³-hybridized carbons (Fsp3) is 0.533. The fourth-order valence-corrected chi connectivity index (χ4v) is 3.16. The Morgan fingerprint density at radius 2 is 1.68 bits per heavy atom. The number of rotatable bonds is 8. The van der Waals surface area contributed by atoms with Crippen molar-refractivity contribution in [3.8, 4) is 0 Å². The molecular formula is C15H25N3O3S. The van der Waals surface area contributed by atoms with Crippen molar-refractivity contribution in [1.29, 1.82) is 0 Å². The Balaban J connectivity index is 2.72. The van der Waals surface area contributed by atoms with Gasteiger partial charge in [-0.25, -0.2) is 8.42 Å². The third-order valence-corrected chi connectivity index (χ3v) is 4.67. The van der Waals surface area contributed by atoms with Gasteiger partial charge in [-0.1, -0.05) is 20.3 Å². The lowest BCUT2D eigenvalue weighted by atomic mass is 9.96. The van der Waals surface area contributed by atoms with Crippen LogP contribution in [-0.2, 0) is 14.8 Å². The van der Waals surface area contributed by atoms with Crippen LogP contribution in [0.5, 0.6) is 0 Å². The zero-order chi connectivity index (χ0) is 16.8. The van der Waals surface area contributed by atoms with Crippen molar-refractivity contribution in [3.05, 3.63) is 24.3 Å². The van der Waals surface area contributed by atoms with Crippen molar-refractivity contribution < 1.29 is 13.2 Å². The van der Waals surface area contributed by atoms with Crippen LogP contribution in [0.1, 0.15) is 40.0 Å². The Labute approximate surface area is 132 Å². The zero-order valence-corrected chi connectivity index (χ0v) is 14.2. The number of nitrogens with two attached hydrogens (primary N) is 1. The molecule has 1 atom stereocenters. The molecule has 1 aromatic rings. The highest BCUT2D eigenvalue weighted by molar-refractivity contribution is 7.92. The van der Waals surface area contributed by atoms with E-state index in [1.807, 2.05) is 6.92 Å². The maximum atomic E-state index is 12.1. The summed E-state index contributed by atoms with van der Waals surface area (Å²) in [5.41, 5.74) is 6.09. The van der Waals surface area contributed by atoms with E-state index in [2.05, 4.69) is 10.0 Å². The van der Waals surface area contributed by atoms with Gasteiger partial charge in [-0.15, -0.1) is 0 Å². The minimum absolute atomic E-state index is 0.0774. The van der Waals surface area contributed by atoms with Gasteiger partial charge < -0.3 is 11.1 Å². The molecule has 0 aliphatic rings. The molecule has 0 saturated carbocycles. The van der Waals surface area contributed by atoms with Crippen molar-refractivity contribution in [2.24, 2.45) is 5.73 Å². The Kier molecular flexibility index (Phi) is 6.37. The molecule has 124 valence electrons. The van der Waals surface area contributed by atoms with E-state index < -0.39 is 15.6 Å². The van der Waals surface area contributed by atoms with Gasteiger partial charge in [0.25, 0.3) is 0 Å². The molecule has 0 saturated heterocycles. The first-order valence-electron chi connectivity index (χ1n) is 7.41. The summed E-state index contributed by atoms with van der Waals surface area (Å²) in [6.07, 6.45) is 1.96. The Bertz CT molecular complexity index is 595. The van der Waals surface area contributed by atoms with Crippen LogP contribution in [0.2, 0.25) is 0 Å². The highest BCUT2D eigenvalue weighted by atomic mass is 32.2. The summed E-state index contributed by atoms with van der Waals surface area (Å²) in [7, 11) is -3.31. The van der Waals surface area contributed by atoms with E-state index in [1.54, 1.807) is 38.1 Å². The SMILES string of the molecule is CCCC(C)(N)C(=O)Nc1ccc(NS(=O)(=O)CCC)cc1. The van der Waals surface area contributed by atoms with Gasteiger partial charge in [-0.3, -0.25) is 9.52 Å². The molecule has 0 fully saturated rings. The standard InChI is InChI=1S/C15H25N3O3S/c1-4-10-15(3,16)14(19)17-12-6-8-13(9-7-12)18-22(20,21)11-5-2/h6-9,18H,4-5,10-11,16H2,1-3H3,(H,17,19). The number of carbonyl (C=O) groups excluding carboxylic acids is 1. The Morgan fingerprint density at radius 3 is 2.18 bits per heavy atom. The largest absolute Gasteiger partial charge is 0.325 e. The highest BCUT2D eigenvalue weighted by Gasteiger charge is 2.27. The Hall–Kier alpha value is -1.60. The molecule has 0 spiro atoms. The predicted octanol–water partition coefficient (Wildman–Crippen LogP) is 2.29. The number of anilines is 2. The van der Waals surface area contributed by atoms with Crippen molar-refractivity contribution in [1.82, 2.24) is 0 Å². The second-order valence-electron chi connectivity index (χ2n) is 5.62. The summed E-state index contributed by atoms with van der Waals surface area (Å²) >= 11 is 0. The molecule has 1 aromatic carbocycles. The van der Waals surface area contributed by atoms with Crippen LogP contribution < -0.4 is 15.8 Å². The second-order valence-corrected chi connectivity index (χ2v) is 7.46. The number of amides is 1. The molecule has 0 aliphatic carbocycles. The summed E-state index contributed by atoms with van der Waals surface area (Å²) in [5, 5.41) is 2.74. The monoisotopic (exact) mass is 327 g/mol. The second kappa shape index (κ2) is 7.60. The van der Waals surface area contributed by atoms with Crippen LogP contribution in [0.4, 0.5) is 11.4 Å². The molecule has 1 rings (SSSR count). The summed E-state index contributed by atoms with van der Waals surface area (Å²) in [4.78, 5) is 12.1. The molecule has 0 radical (unpaired) electrons. The van der Waals surface area contributed by atoms with Crippen LogP contribution >= 0.6 is 0 Å². The highest BCUT2D eigenvalue weighted by Crippen LogP contribution is 2.17. The van der Waals surface area contributed by atoms with E-state index in [0.29, 0.717) is 24.2 Å². The molecular weight excluding hydrogens is 302 g/mol. The summed E-state index contributed by atoms with van der Waals surface area (Å²) in [5.74, 6) is -0.178. The lowest BCUT2D eigenvalue weighted by molar-refractivity contribution is -0.120. The molecule has 4 N–H and O–H groups in total. The zero-order valence-electron chi connectivity index (χ0n) is 13.3. The van der Waals surface area contributed by atoms with Crippen LogP contribution in [0.25, 0.3) is 0 Å².